The van der Waals surface area contributed by atoms with Gasteiger partial charge in [0.25, 0.3) is 0 Å². The van der Waals surface area contributed by atoms with Gasteiger partial charge in [-0.2, -0.15) is 0 Å². The Hall–Kier alpha value is -3.09. The highest BCUT2D eigenvalue weighted by Gasteiger charge is 2.13. The first-order valence-electron chi connectivity index (χ1n) is 14.0. The summed E-state index contributed by atoms with van der Waals surface area (Å²) in [6.07, 6.45) is 4.06. The number of imidazole rings is 1. The van der Waals surface area contributed by atoms with Gasteiger partial charge in [-0.1, -0.05) is 55.8 Å². The molecule has 39 heavy (non-hydrogen) atoms. The van der Waals surface area contributed by atoms with Crippen molar-refractivity contribution < 1.29 is 9.47 Å². The van der Waals surface area contributed by atoms with Crippen molar-refractivity contribution in [1.29, 1.82) is 0 Å². The maximum Gasteiger partial charge on any atom is 0.119 e. The Labute approximate surface area is 241 Å². The lowest BCUT2D eigenvalue weighted by Crippen LogP contribution is -2.25. The SMILES string of the molecule is CCN(CC)CCCOc1ccc(-n2cc(-c3ccc(OCc4ccc(Br)cc4)cc3)nc2CC(C)C)cc1. The summed E-state index contributed by atoms with van der Waals surface area (Å²) < 4.78 is 15.3. The van der Waals surface area contributed by atoms with Crippen molar-refractivity contribution in [3.63, 3.8) is 0 Å². The molecule has 0 atom stereocenters. The van der Waals surface area contributed by atoms with E-state index < -0.39 is 0 Å². The van der Waals surface area contributed by atoms with Gasteiger partial charge in [0.1, 0.15) is 23.9 Å². The van der Waals surface area contributed by atoms with Crippen LogP contribution >= 0.6 is 15.9 Å². The van der Waals surface area contributed by atoms with Crippen molar-refractivity contribution >= 4 is 15.9 Å². The lowest BCUT2D eigenvalue weighted by molar-refractivity contribution is 0.249. The molecule has 206 valence electrons. The van der Waals surface area contributed by atoms with Gasteiger partial charge in [-0.15, -0.1) is 0 Å². The molecule has 0 saturated carbocycles. The summed E-state index contributed by atoms with van der Waals surface area (Å²) in [4.78, 5) is 7.45. The number of benzene rings is 3. The molecule has 0 amide bonds. The fourth-order valence-corrected chi connectivity index (χ4v) is 4.74. The van der Waals surface area contributed by atoms with Gasteiger partial charge in [-0.05, 0) is 91.7 Å². The Morgan fingerprint density at radius 2 is 1.49 bits per heavy atom. The average Bonchev–Trinajstić information content (AvgIpc) is 3.36. The highest BCUT2D eigenvalue weighted by molar-refractivity contribution is 9.10. The molecule has 0 unspecified atom stereocenters. The van der Waals surface area contributed by atoms with E-state index in [0.717, 1.165) is 83.4 Å². The van der Waals surface area contributed by atoms with Crippen LogP contribution in [0.15, 0.2) is 83.5 Å². The first kappa shape index (κ1) is 28.9. The summed E-state index contributed by atoms with van der Waals surface area (Å²) in [5.74, 6) is 3.31. The van der Waals surface area contributed by atoms with Crippen LogP contribution in [0.25, 0.3) is 16.9 Å². The molecule has 0 bridgehead atoms. The van der Waals surface area contributed by atoms with Crippen molar-refractivity contribution in [2.45, 2.75) is 47.1 Å². The quantitative estimate of drug-likeness (QED) is 0.139. The number of rotatable bonds is 14. The molecule has 3 aromatic carbocycles. The molecular formula is C33H40BrN3O2. The fraction of sp³-hybridized carbons (Fsp3) is 0.364. The van der Waals surface area contributed by atoms with E-state index in [4.69, 9.17) is 14.5 Å². The van der Waals surface area contributed by atoms with Crippen LogP contribution in [0.3, 0.4) is 0 Å². The van der Waals surface area contributed by atoms with Crippen LogP contribution in [0.4, 0.5) is 0 Å². The van der Waals surface area contributed by atoms with Crippen molar-refractivity contribution in [2.75, 3.05) is 26.2 Å². The number of hydrogen-bond acceptors (Lipinski definition) is 4. The van der Waals surface area contributed by atoms with Crippen molar-refractivity contribution in [2.24, 2.45) is 5.92 Å². The largest absolute Gasteiger partial charge is 0.494 e. The average molecular weight is 591 g/mol. The van der Waals surface area contributed by atoms with Crippen LogP contribution in [0, 0.1) is 5.92 Å². The molecule has 1 aromatic heterocycles. The Bertz CT molecular complexity index is 1280. The first-order chi connectivity index (χ1) is 18.9. The Kier molecular flexibility index (Phi) is 10.6. The van der Waals surface area contributed by atoms with Gasteiger partial charge in [-0.25, -0.2) is 4.98 Å². The second-order valence-electron chi connectivity index (χ2n) is 10.2. The standard InChI is InChI=1S/C33H40BrN3O2/c1-5-36(6-2)20-7-21-38-30-18-14-29(15-19-30)37-23-32(35-33(37)22-25(3)4)27-10-16-31(17-11-27)39-24-26-8-12-28(34)13-9-26/h8-19,23,25H,5-7,20-22,24H2,1-4H3. The topological polar surface area (TPSA) is 39.5 Å². The van der Waals surface area contributed by atoms with Crippen LogP contribution in [0.2, 0.25) is 0 Å². The zero-order valence-electron chi connectivity index (χ0n) is 23.6. The predicted molar refractivity (Wildman–Crippen MR) is 164 cm³/mol. The third kappa shape index (κ3) is 8.45. The van der Waals surface area contributed by atoms with Gasteiger partial charge in [0.15, 0.2) is 0 Å². The fourth-order valence-electron chi connectivity index (χ4n) is 4.48. The lowest BCUT2D eigenvalue weighted by Gasteiger charge is -2.17. The number of hydrogen-bond donors (Lipinski definition) is 0. The zero-order chi connectivity index (χ0) is 27.6. The summed E-state index contributed by atoms with van der Waals surface area (Å²) >= 11 is 3.47. The van der Waals surface area contributed by atoms with E-state index in [-0.39, 0.29) is 0 Å². The van der Waals surface area contributed by atoms with Gasteiger partial charge < -0.3 is 18.9 Å². The van der Waals surface area contributed by atoms with Gasteiger partial charge in [-0.3, -0.25) is 0 Å². The molecule has 0 radical (unpaired) electrons. The minimum absolute atomic E-state index is 0.502. The summed E-state index contributed by atoms with van der Waals surface area (Å²) in [6, 6.07) is 24.7. The number of ether oxygens (including phenoxy) is 2. The van der Waals surface area contributed by atoms with Crippen LogP contribution < -0.4 is 9.47 Å². The Morgan fingerprint density at radius 1 is 0.846 bits per heavy atom. The Morgan fingerprint density at radius 3 is 2.13 bits per heavy atom. The van der Waals surface area contributed by atoms with E-state index >= 15 is 0 Å². The van der Waals surface area contributed by atoms with Crippen LogP contribution in [-0.2, 0) is 13.0 Å². The van der Waals surface area contributed by atoms with Crippen molar-refractivity contribution in [1.82, 2.24) is 14.5 Å². The number of nitrogens with zero attached hydrogens (tertiary/aromatic N) is 3. The minimum atomic E-state index is 0.502. The molecule has 0 spiro atoms. The van der Waals surface area contributed by atoms with Gasteiger partial charge in [0.2, 0.25) is 0 Å². The molecule has 0 aliphatic carbocycles. The molecule has 0 aliphatic heterocycles. The molecule has 0 fully saturated rings. The van der Waals surface area contributed by atoms with Gasteiger partial charge >= 0.3 is 0 Å². The molecule has 4 rings (SSSR count). The molecule has 1 heterocycles. The van der Waals surface area contributed by atoms with E-state index in [1.54, 1.807) is 0 Å². The second-order valence-corrected chi connectivity index (χ2v) is 11.1. The summed E-state index contributed by atoms with van der Waals surface area (Å²) in [7, 11) is 0. The van der Waals surface area contributed by atoms with E-state index in [9.17, 15) is 0 Å². The second kappa shape index (κ2) is 14.3. The smallest absolute Gasteiger partial charge is 0.119 e. The molecule has 4 aromatic rings. The van der Waals surface area contributed by atoms with Crippen molar-refractivity contribution in [3.05, 3.63) is 94.9 Å². The zero-order valence-corrected chi connectivity index (χ0v) is 25.2. The molecular weight excluding hydrogens is 550 g/mol. The highest BCUT2D eigenvalue weighted by atomic mass is 79.9. The van der Waals surface area contributed by atoms with E-state index in [0.29, 0.717) is 12.5 Å². The van der Waals surface area contributed by atoms with E-state index in [2.05, 4.69) is 108 Å². The number of aromatic nitrogens is 2. The maximum absolute atomic E-state index is 6.00. The lowest BCUT2D eigenvalue weighted by atomic mass is 10.1. The van der Waals surface area contributed by atoms with Crippen molar-refractivity contribution in [3.8, 4) is 28.4 Å². The Balaban J connectivity index is 1.42. The monoisotopic (exact) mass is 589 g/mol. The van der Waals surface area contributed by atoms with Gasteiger partial charge in [0.05, 0.1) is 12.3 Å². The normalized spacial score (nSPS) is 11.4. The third-order valence-corrected chi connectivity index (χ3v) is 7.26. The van der Waals surface area contributed by atoms with Gasteiger partial charge in [0, 0.05) is 34.9 Å². The first-order valence-corrected chi connectivity index (χ1v) is 14.8. The molecule has 0 aliphatic rings. The summed E-state index contributed by atoms with van der Waals surface area (Å²) in [5.41, 5.74) is 4.26. The van der Waals surface area contributed by atoms with Crippen LogP contribution in [0.5, 0.6) is 11.5 Å². The molecule has 6 heteroatoms. The molecule has 0 N–H and O–H groups in total. The molecule has 5 nitrogen and oxygen atoms in total. The van der Waals surface area contributed by atoms with E-state index in [1.807, 2.05) is 24.3 Å². The van der Waals surface area contributed by atoms with Crippen LogP contribution in [-0.4, -0.2) is 40.7 Å². The molecule has 0 saturated heterocycles. The van der Waals surface area contributed by atoms with Crippen LogP contribution in [0.1, 0.15) is 45.5 Å². The summed E-state index contributed by atoms with van der Waals surface area (Å²) in [6.45, 7) is 13.4. The predicted octanol–water partition coefficient (Wildman–Crippen LogP) is 8.19. The maximum atomic E-state index is 6.00. The summed E-state index contributed by atoms with van der Waals surface area (Å²) in [5, 5.41) is 0. The number of halogens is 1. The van der Waals surface area contributed by atoms with E-state index in [1.165, 1.54) is 0 Å². The highest BCUT2D eigenvalue weighted by Crippen LogP contribution is 2.26. The third-order valence-electron chi connectivity index (χ3n) is 6.74. The minimum Gasteiger partial charge on any atom is -0.494 e.